The Morgan fingerprint density at radius 1 is 1.24 bits per heavy atom. The van der Waals surface area contributed by atoms with Crippen molar-refractivity contribution >= 4 is 11.5 Å². The molecule has 2 aromatic rings. The number of carbonyl (C=O) groups excluding carboxylic acids is 1. The van der Waals surface area contributed by atoms with Gasteiger partial charge in [0.1, 0.15) is 5.75 Å². The molecule has 108 valence electrons. The van der Waals surface area contributed by atoms with Gasteiger partial charge in [-0.3, -0.25) is 4.79 Å². The fraction of sp³-hybridized carbons (Fsp3) is 0.278. The predicted molar refractivity (Wildman–Crippen MR) is 84.0 cm³/mol. The highest BCUT2D eigenvalue weighted by atomic mass is 16.5. The van der Waals surface area contributed by atoms with Crippen LogP contribution in [0.4, 0.5) is 5.69 Å². The molecule has 0 aromatic heterocycles. The van der Waals surface area contributed by atoms with Crippen LogP contribution in [0.3, 0.4) is 0 Å². The summed E-state index contributed by atoms with van der Waals surface area (Å²) < 4.78 is 5.82. The predicted octanol–water partition coefficient (Wildman–Crippen LogP) is 3.29. The van der Waals surface area contributed by atoms with Gasteiger partial charge >= 0.3 is 0 Å². The fourth-order valence-corrected chi connectivity index (χ4v) is 2.58. The molecule has 1 N–H and O–H groups in total. The van der Waals surface area contributed by atoms with E-state index in [0.29, 0.717) is 13.0 Å². The highest BCUT2D eigenvalue weighted by Gasteiger charge is 2.25. The largest absolute Gasteiger partial charge is 0.479 e. The Balaban J connectivity index is 1.74. The molecule has 1 aliphatic heterocycles. The van der Waals surface area contributed by atoms with Gasteiger partial charge in [-0.25, -0.2) is 0 Å². The molecule has 0 saturated heterocycles. The number of hydrogen-bond donors (Lipinski definition) is 1. The van der Waals surface area contributed by atoms with Crippen molar-refractivity contribution in [2.24, 2.45) is 0 Å². The molecule has 1 unspecified atom stereocenters. The van der Waals surface area contributed by atoms with Crippen molar-refractivity contribution in [2.45, 2.75) is 26.4 Å². The smallest absolute Gasteiger partial charge is 0.179 e. The summed E-state index contributed by atoms with van der Waals surface area (Å²) in [6, 6.07) is 13.9. The van der Waals surface area contributed by atoms with E-state index in [-0.39, 0.29) is 5.78 Å². The van der Waals surface area contributed by atoms with Gasteiger partial charge in [0.2, 0.25) is 0 Å². The first-order chi connectivity index (χ1) is 10.1. The number of Topliss-reactive ketones (excluding diaryl/α,β-unsaturated/α-hetero) is 1. The zero-order chi connectivity index (χ0) is 14.8. The van der Waals surface area contributed by atoms with E-state index in [1.165, 1.54) is 5.56 Å². The standard InChI is InChI=1S/C18H19NO2/c1-12-7-8-13(2)14(9-12)10-16(20)18-11-19-15-5-3-4-6-17(15)21-18/h3-9,18-19H,10-11H2,1-2H3. The summed E-state index contributed by atoms with van der Waals surface area (Å²) in [5.41, 5.74) is 4.37. The highest BCUT2D eigenvalue weighted by Crippen LogP contribution is 2.28. The average molecular weight is 281 g/mol. The van der Waals surface area contributed by atoms with Crippen LogP contribution in [0, 0.1) is 13.8 Å². The monoisotopic (exact) mass is 281 g/mol. The first kappa shape index (κ1) is 13.7. The first-order valence-corrected chi connectivity index (χ1v) is 7.22. The Labute approximate surface area is 124 Å². The van der Waals surface area contributed by atoms with Crippen molar-refractivity contribution < 1.29 is 9.53 Å². The fourth-order valence-electron chi connectivity index (χ4n) is 2.58. The molecule has 3 nitrogen and oxygen atoms in total. The summed E-state index contributed by atoms with van der Waals surface area (Å²) >= 11 is 0. The maximum absolute atomic E-state index is 12.5. The van der Waals surface area contributed by atoms with Gasteiger partial charge in [0.15, 0.2) is 11.9 Å². The van der Waals surface area contributed by atoms with Gasteiger partial charge < -0.3 is 10.1 Å². The minimum absolute atomic E-state index is 0.116. The molecule has 2 aromatic carbocycles. The van der Waals surface area contributed by atoms with Crippen LogP contribution in [0.5, 0.6) is 5.75 Å². The van der Waals surface area contributed by atoms with Gasteiger partial charge in [-0.1, -0.05) is 35.9 Å². The lowest BCUT2D eigenvalue weighted by Crippen LogP contribution is -2.38. The highest BCUT2D eigenvalue weighted by molar-refractivity contribution is 5.87. The van der Waals surface area contributed by atoms with Crippen LogP contribution in [-0.4, -0.2) is 18.4 Å². The van der Waals surface area contributed by atoms with Crippen molar-refractivity contribution in [3.63, 3.8) is 0 Å². The summed E-state index contributed by atoms with van der Waals surface area (Å²) in [7, 11) is 0. The first-order valence-electron chi connectivity index (χ1n) is 7.22. The summed E-state index contributed by atoms with van der Waals surface area (Å²) in [4.78, 5) is 12.5. The van der Waals surface area contributed by atoms with Crippen LogP contribution in [-0.2, 0) is 11.2 Å². The maximum Gasteiger partial charge on any atom is 0.179 e. The summed E-state index contributed by atoms with van der Waals surface area (Å²) in [5.74, 6) is 0.869. The van der Waals surface area contributed by atoms with Gasteiger partial charge in [-0.05, 0) is 37.1 Å². The third-order valence-electron chi connectivity index (χ3n) is 3.86. The van der Waals surface area contributed by atoms with E-state index < -0.39 is 6.10 Å². The van der Waals surface area contributed by atoms with Gasteiger partial charge in [0.25, 0.3) is 0 Å². The molecule has 0 amide bonds. The van der Waals surface area contributed by atoms with Gasteiger partial charge in [0, 0.05) is 6.42 Å². The third kappa shape index (κ3) is 2.92. The van der Waals surface area contributed by atoms with E-state index in [4.69, 9.17) is 4.74 Å². The van der Waals surface area contributed by atoms with Crippen LogP contribution >= 0.6 is 0 Å². The van der Waals surface area contributed by atoms with Crippen molar-refractivity contribution in [1.29, 1.82) is 0 Å². The number of aryl methyl sites for hydroxylation is 2. The van der Waals surface area contributed by atoms with Crippen LogP contribution in [0.1, 0.15) is 16.7 Å². The van der Waals surface area contributed by atoms with E-state index in [0.717, 1.165) is 22.6 Å². The van der Waals surface area contributed by atoms with Crippen molar-refractivity contribution in [2.75, 3.05) is 11.9 Å². The van der Waals surface area contributed by atoms with Crippen molar-refractivity contribution in [3.05, 3.63) is 59.2 Å². The minimum atomic E-state index is -0.417. The Morgan fingerprint density at radius 3 is 2.90 bits per heavy atom. The molecule has 1 aliphatic rings. The lowest BCUT2D eigenvalue weighted by Gasteiger charge is -2.26. The second kappa shape index (κ2) is 5.60. The Morgan fingerprint density at radius 2 is 2.05 bits per heavy atom. The number of fused-ring (bicyclic) bond motifs is 1. The second-order valence-electron chi connectivity index (χ2n) is 5.56. The number of nitrogens with one attached hydrogen (secondary N) is 1. The molecule has 1 heterocycles. The van der Waals surface area contributed by atoms with E-state index in [1.807, 2.05) is 38.1 Å². The SMILES string of the molecule is Cc1ccc(C)c(CC(=O)C2CNc3ccccc3O2)c1. The Bertz CT molecular complexity index is 679. The molecule has 21 heavy (non-hydrogen) atoms. The number of para-hydroxylation sites is 2. The number of anilines is 1. The van der Waals surface area contributed by atoms with E-state index in [1.54, 1.807) is 0 Å². The molecule has 0 saturated carbocycles. The number of hydrogen-bond acceptors (Lipinski definition) is 3. The van der Waals surface area contributed by atoms with Crippen molar-refractivity contribution in [3.8, 4) is 5.75 Å². The molecule has 0 fully saturated rings. The van der Waals surface area contributed by atoms with Gasteiger partial charge in [-0.15, -0.1) is 0 Å². The van der Waals surface area contributed by atoms with Gasteiger partial charge in [-0.2, -0.15) is 0 Å². The molecular formula is C18H19NO2. The zero-order valence-electron chi connectivity index (χ0n) is 12.3. The van der Waals surface area contributed by atoms with Crippen LogP contribution in [0.2, 0.25) is 0 Å². The zero-order valence-corrected chi connectivity index (χ0v) is 12.3. The molecule has 0 spiro atoms. The van der Waals surface area contributed by atoms with Crippen molar-refractivity contribution in [1.82, 2.24) is 0 Å². The van der Waals surface area contributed by atoms with E-state index >= 15 is 0 Å². The molecule has 3 rings (SSSR count). The Kier molecular flexibility index (Phi) is 3.65. The lowest BCUT2D eigenvalue weighted by atomic mass is 9.98. The normalized spacial score (nSPS) is 16.6. The number of benzene rings is 2. The maximum atomic E-state index is 12.5. The molecule has 0 aliphatic carbocycles. The molecule has 0 bridgehead atoms. The molecule has 0 radical (unpaired) electrons. The number of ketones is 1. The minimum Gasteiger partial charge on any atom is -0.479 e. The summed E-state index contributed by atoms with van der Waals surface area (Å²) in [5, 5.41) is 3.26. The topological polar surface area (TPSA) is 38.3 Å². The molecular weight excluding hydrogens is 262 g/mol. The van der Waals surface area contributed by atoms with E-state index in [2.05, 4.69) is 23.5 Å². The average Bonchev–Trinajstić information content (AvgIpc) is 2.50. The molecule has 1 atom stereocenters. The quantitative estimate of drug-likeness (QED) is 0.938. The Hall–Kier alpha value is -2.29. The third-order valence-corrected chi connectivity index (χ3v) is 3.86. The number of ether oxygens (including phenoxy) is 1. The summed E-state index contributed by atoms with van der Waals surface area (Å²) in [6.45, 7) is 4.61. The summed E-state index contributed by atoms with van der Waals surface area (Å²) in [6.07, 6.45) is 0.00184. The van der Waals surface area contributed by atoms with Crippen LogP contribution in [0.15, 0.2) is 42.5 Å². The second-order valence-corrected chi connectivity index (χ2v) is 5.56. The van der Waals surface area contributed by atoms with Crippen LogP contribution in [0.25, 0.3) is 0 Å². The van der Waals surface area contributed by atoms with Gasteiger partial charge in [0.05, 0.1) is 12.2 Å². The van der Waals surface area contributed by atoms with Crippen LogP contribution < -0.4 is 10.1 Å². The van der Waals surface area contributed by atoms with E-state index in [9.17, 15) is 4.79 Å². The molecule has 3 heteroatoms. The number of rotatable bonds is 3. The number of carbonyl (C=O) groups is 1. The lowest BCUT2D eigenvalue weighted by molar-refractivity contribution is -0.124.